The lowest BCUT2D eigenvalue weighted by molar-refractivity contribution is -0.123. The highest BCUT2D eigenvalue weighted by Crippen LogP contribution is 1.82. The second-order valence-corrected chi connectivity index (χ2v) is 1.66. The van der Waals surface area contributed by atoms with Gasteiger partial charge in [-0.15, -0.1) is 6.58 Å². The molecule has 0 saturated carbocycles. The van der Waals surface area contributed by atoms with Gasteiger partial charge < -0.3 is 5.11 Å². The minimum absolute atomic E-state index is 0.0833. The van der Waals surface area contributed by atoms with E-state index in [9.17, 15) is 9.59 Å². The van der Waals surface area contributed by atoms with Crippen molar-refractivity contribution < 1.29 is 14.7 Å². The van der Waals surface area contributed by atoms with Crippen molar-refractivity contribution in [2.24, 2.45) is 0 Å². The highest BCUT2D eigenvalue weighted by molar-refractivity contribution is 6.12. The molecule has 0 spiro atoms. The first kappa shape index (κ1) is 9.58. The lowest BCUT2D eigenvalue weighted by atomic mass is 10.6. The molecule has 0 saturated heterocycles. The molecule has 0 radical (unpaired) electrons. The van der Waals surface area contributed by atoms with Crippen molar-refractivity contribution in [3.05, 3.63) is 24.8 Å². The number of hydrogen-bond donors (Lipinski definition) is 2. The minimum Gasteiger partial charge on any atom is -0.392 e. The molecule has 4 nitrogen and oxygen atoms in total. The fraction of sp³-hybridized carbons (Fsp3) is 0.143. The van der Waals surface area contributed by atoms with E-state index in [1.54, 1.807) is 0 Å². The van der Waals surface area contributed by atoms with Crippen molar-refractivity contribution in [2.75, 3.05) is 6.61 Å². The molecule has 0 atom stereocenters. The van der Waals surface area contributed by atoms with Crippen molar-refractivity contribution in [1.29, 1.82) is 0 Å². The van der Waals surface area contributed by atoms with Gasteiger partial charge in [0.05, 0.1) is 6.61 Å². The zero-order valence-corrected chi connectivity index (χ0v) is 5.91. The summed E-state index contributed by atoms with van der Waals surface area (Å²) in [5, 5.41) is 9.78. The number of rotatable bonds is 1. The van der Waals surface area contributed by atoms with Crippen LogP contribution in [0.1, 0.15) is 0 Å². The van der Waals surface area contributed by atoms with Gasteiger partial charge in [-0.1, -0.05) is 6.08 Å². The molecule has 0 aromatic carbocycles. The molecule has 11 heavy (non-hydrogen) atoms. The number of carbonyl (C=O) groups excluding carboxylic acids is 2. The number of hydrogen-bond acceptors (Lipinski definition) is 3. The molecule has 1 aliphatic rings. The van der Waals surface area contributed by atoms with Crippen molar-refractivity contribution in [2.45, 2.75) is 0 Å². The monoisotopic (exact) mass is 155 g/mol. The summed E-state index contributed by atoms with van der Waals surface area (Å²) >= 11 is 0. The van der Waals surface area contributed by atoms with Gasteiger partial charge in [0.15, 0.2) is 0 Å². The van der Waals surface area contributed by atoms with Crippen LogP contribution < -0.4 is 5.32 Å². The van der Waals surface area contributed by atoms with Gasteiger partial charge >= 0.3 is 0 Å². The molecule has 1 aliphatic heterocycles. The Hall–Kier alpha value is -1.42. The van der Waals surface area contributed by atoms with Crippen LogP contribution in [0.15, 0.2) is 24.8 Å². The average Bonchev–Trinajstić information content (AvgIpc) is 2.35. The topological polar surface area (TPSA) is 66.4 Å². The van der Waals surface area contributed by atoms with Crippen LogP contribution in [0.4, 0.5) is 0 Å². The Morgan fingerprint density at radius 1 is 1.45 bits per heavy atom. The van der Waals surface area contributed by atoms with Gasteiger partial charge in [-0.05, 0) is 0 Å². The van der Waals surface area contributed by atoms with Crippen molar-refractivity contribution in [1.82, 2.24) is 5.32 Å². The predicted octanol–water partition coefficient (Wildman–Crippen LogP) is -0.636. The maximum absolute atomic E-state index is 10.0. The van der Waals surface area contributed by atoms with E-state index >= 15 is 0 Å². The van der Waals surface area contributed by atoms with E-state index in [2.05, 4.69) is 6.58 Å². The molecule has 2 N–H and O–H groups in total. The molecule has 0 bridgehead atoms. The Morgan fingerprint density at radius 2 is 1.82 bits per heavy atom. The van der Waals surface area contributed by atoms with Crippen LogP contribution >= 0.6 is 0 Å². The Morgan fingerprint density at radius 3 is 1.91 bits per heavy atom. The quantitative estimate of drug-likeness (QED) is 0.391. The molecule has 0 aromatic heterocycles. The number of carbonyl (C=O) groups is 2. The van der Waals surface area contributed by atoms with Gasteiger partial charge in [0.25, 0.3) is 11.8 Å². The first-order valence-electron chi connectivity index (χ1n) is 2.95. The number of aliphatic hydroxyl groups excluding tert-OH is 1. The molecule has 0 aromatic rings. The van der Waals surface area contributed by atoms with E-state index < -0.39 is 0 Å². The normalized spacial score (nSPS) is 13.5. The first-order valence-corrected chi connectivity index (χ1v) is 2.95. The van der Waals surface area contributed by atoms with Gasteiger partial charge in [0.1, 0.15) is 0 Å². The molecular formula is C7H9NO3. The summed E-state index contributed by atoms with van der Waals surface area (Å²) in [4.78, 5) is 20.1. The van der Waals surface area contributed by atoms with Crippen LogP contribution in [-0.2, 0) is 9.59 Å². The fourth-order valence-corrected chi connectivity index (χ4v) is 0.356. The third-order valence-corrected chi connectivity index (χ3v) is 0.762. The highest BCUT2D eigenvalue weighted by Gasteiger charge is 2.06. The van der Waals surface area contributed by atoms with Crippen LogP contribution in [0, 0.1) is 0 Å². The van der Waals surface area contributed by atoms with E-state index in [4.69, 9.17) is 5.11 Å². The number of amides is 2. The second-order valence-electron chi connectivity index (χ2n) is 1.66. The molecule has 0 aliphatic carbocycles. The maximum Gasteiger partial charge on any atom is 0.250 e. The predicted molar refractivity (Wildman–Crippen MR) is 39.6 cm³/mol. The summed E-state index contributed by atoms with van der Waals surface area (Å²) in [6.45, 7) is 3.31. The summed E-state index contributed by atoms with van der Waals surface area (Å²) in [5.74, 6) is -0.657. The molecule has 60 valence electrons. The lowest BCUT2D eigenvalue weighted by Crippen LogP contribution is -2.19. The third-order valence-electron chi connectivity index (χ3n) is 0.762. The summed E-state index contributed by atoms with van der Waals surface area (Å²) in [7, 11) is 0. The van der Waals surface area contributed by atoms with E-state index in [-0.39, 0.29) is 18.4 Å². The van der Waals surface area contributed by atoms with Gasteiger partial charge in [-0.2, -0.15) is 0 Å². The lowest BCUT2D eigenvalue weighted by Gasteiger charge is -1.80. The van der Waals surface area contributed by atoms with Crippen LogP contribution in [-0.4, -0.2) is 23.5 Å². The van der Waals surface area contributed by atoms with Crippen molar-refractivity contribution in [3.63, 3.8) is 0 Å². The number of imide groups is 1. The van der Waals surface area contributed by atoms with Gasteiger partial charge in [-0.25, -0.2) is 0 Å². The molecule has 0 unspecified atom stereocenters. The summed E-state index contributed by atoms with van der Waals surface area (Å²) in [6.07, 6.45) is 3.82. The Kier molecular flexibility index (Phi) is 4.68. The Bertz CT molecular complexity index is 180. The highest BCUT2D eigenvalue weighted by atomic mass is 16.2. The molecular weight excluding hydrogens is 146 g/mol. The summed E-state index contributed by atoms with van der Waals surface area (Å²) in [6, 6.07) is 0. The standard InChI is InChI=1S/C4H3NO2.C3H6O/c6-3-1-2-4(7)5-3;1-2-3-4/h1-2H,(H,5,6,7);2,4H,1,3H2. The van der Waals surface area contributed by atoms with Crippen LogP contribution in [0.25, 0.3) is 0 Å². The van der Waals surface area contributed by atoms with E-state index in [0.717, 1.165) is 0 Å². The number of aliphatic hydroxyl groups is 1. The van der Waals surface area contributed by atoms with E-state index in [1.165, 1.54) is 18.2 Å². The van der Waals surface area contributed by atoms with Gasteiger partial charge in [-0.3, -0.25) is 14.9 Å². The third kappa shape index (κ3) is 5.05. The van der Waals surface area contributed by atoms with Crippen molar-refractivity contribution >= 4 is 11.8 Å². The minimum atomic E-state index is -0.329. The largest absolute Gasteiger partial charge is 0.392 e. The van der Waals surface area contributed by atoms with Crippen LogP contribution in [0.3, 0.4) is 0 Å². The molecule has 4 heteroatoms. The molecule has 1 rings (SSSR count). The van der Waals surface area contributed by atoms with Crippen LogP contribution in [0.2, 0.25) is 0 Å². The first-order chi connectivity index (χ1) is 5.20. The summed E-state index contributed by atoms with van der Waals surface area (Å²) < 4.78 is 0. The van der Waals surface area contributed by atoms with E-state index in [0.29, 0.717) is 0 Å². The molecule has 0 fully saturated rings. The fourth-order valence-electron chi connectivity index (χ4n) is 0.356. The zero-order valence-electron chi connectivity index (χ0n) is 5.91. The molecule has 2 amide bonds. The Labute approximate surface area is 64.2 Å². The van der Waals surface area contributed by atoms with Crippen molar-refractivity contribution in [3.8, 4) is 0 Å². The number of nitrogens with one attached hydrogen (secondary N) is 1. The zero-order chi connectivity index (χ0) is 8.69. The second kappa shape index (κ2) is 5.37. The Balaban J connectivity index is 0.000000218. The summed E-state index contributed by atoms with van der Waals surface area (Å²) in [5.41, 5.74) is 0. The SMILES string of the molecule is C=CCO.O=C1C=CC(=O)N1. The van der Waals surface area contributed by atoms with Crippen LogP contribution in [0.5, 0.6) is 0 Å². The smallest absolute Gasteiger partial charge is 0.250 e. The van der Waals surface area contributed by atoms with E-state index in [1.807, 2.05) is 5.32 Å². The van der Waals surface area contributed by atoms with Gasteiger partial charge in [0.2, 0.25) is 0 Å². The average molecular weight is 155 g/mol. The molecule has 1 heterocycles. The van der Waals surface area contributed by atoms with Gasteiger partial charge in [0, 0.05) is 12.2 Å². The maximum atomic E-state index is 10.0.